The van der Waals surface area contributed by atoms with Crippen molar-refractivity contribution in [2.24, 2.45) is 0 Å². The van der Waals surface area contributed by atoms with E-state index in [1.165, 1.54) is 17.4 Å². The van der Waals surface area contributed by atoms with Crippen molar-refractivity contribution in [2.75, 3.05) is 13.2 Å². The maximum absolute atomic E-state index is 13.4. The molecule has 1 fully saturated rings. The lowest BCUT2D eigenvalue weighted by Gasteiger charge is -2.28. The summed E-state index contributed by atoms with van der Waals surface area (Å²) >= 11 is 1.47. The minimum absolute atomic E-state index is 0.0157. The molecule has 2 heterocycles. The zero-order valence-electron chi connectivity index (χ0n) is 27.7. The summed E-state index contributed by atoms with van der Waals surface area (Å²) in [7, 11) is -5.12. The van der Waals surface area contributed by atoms with Gasteiger partial charge in [0.05, 0.1) is 27.3 Å². The molecular weight excluding hydrogens is 643 g/mol. The van der Waals surface area contributed by atoms with Crippen LogP contribution in [0.25, 0.3) is 10.4 Å². The van der Waals surface area contributed by atoms with Crippen LogP contribution in [0.5, 0.6) is 0 Å². The van der Waals surface area contributed by atoms with Gasteiger partial charge in [0, 0.05) is 62.9 Å². The fourth-order valence-electron chi connectivity index (χ4n) is 5.30. The molecule has 2 N–H and O–H groups in total. The van der Waals surface area contributed by atoms with Crippen LogP contribution in [0, 0.1) is 0 Å². The maximum Gasteiger partial charge on any atom is 0.407 e. The number of aromatic nitrogens is 3. The molecule has 1 saturated carbocycles. The van der Waals surface area contributed by atoms with E-state index in [9.17, 15) is 18.0 Å². The smallest absolute Gasteiger partial charge is 0.407 e. The fraction of sp³-hybridized carbons (Fsp3) is 0.562. The quantitative estimate of drug-likeness (QED) is 0.109. The molecule has 1 aromatic carbocycles. The van der Waals surface area contributed by atoms with Crippen LogP contribution in [0.15, 0.2) is 41.7 Å². The Hall–Kier alpha value is -2.91. The van der Waals surface area contributed by atoms with Crippen LogP contribution in [-0.2, 0) is 32.6 Å². The van der Waals surface area contributed by atoms with Gasteiger partial charge in [-0.05, 0) is 51.6 Å². The molecular formula is C32H47N5O6S2Si. The number of nitrogens with one attached hydrogen (secondary N) is 2. The molecule has 0 spiro atoms. The van der Waals surface area contributed by atoms with Crippen LogP contribution in [0.2, 0.25) is 25.7 Å². The van der Waals surface area contributed by atoms with Crippen molar-refractivity contribution < 1.29 is 27.5 Å². The molecule has 0 unspecified atom stereocenters. The number of ketones is 1. The number of carbonyl (C=O) groups excluding carboxylic acids is 2. The van der Waals surface area contributed by atoms with Crippen molar-refractivity contribution in [3.63, 3.8) is 0 Å². The molecule has 11 nitrogen and oxygen atoms in total. The van der Waals surface area contributed by atoms with E-state index >= 15 is 0 Å². The Labute approximate surface area is 277 Å². The lowest BCUT2D eigenvalue weighted by molar-refractivity contribution is 0.0838. The van der Waals surface area contributed by atoms with Gasteiger partial charge in [-0.1, -0.05) is 38.7 Å². The molecule has 46 heavy (non-hydrogen) atoms. The van der Waals surface area contributed by atoms with Gasteiger partial charge in [0.1, 0.15) is 12.6 Å². The van der Waals surface area contributed by atoms with Gasteiger partial charge in [0.25, 0.3) is 0 Å². The Morgan fingerprint density at radius 1 is 1.13 bits per heavy atom. The SMILES string of the molecule is CCNS(=O)(=O)c1cc(C(=O)Cc2nccn2COCC[Si](C)(C)C)ccc1-c1cnc(C2CCC(NC(=O)OC(C)C)CC2)s1. The second-order valence-electron chi connectivity index (χ2n) is 13.2. The number of Topliss-reactive ketones (excluding diaryl/α,β-unsaturated/α-hetero) is 1. The van der Waals surface area contributed by atoms with Gasteiger partial charge in [0.15, 0.2) is 5.78 Å². The molecule has 4 rings (SSSR count). The molecule has 1 aliphatic rings. The summed E-state index contributed by atoms with van der Waals surface area (Å²) in [4.78, 5) is 35.2. The number of sulfonamides is 1. The highest BCUT2D eigenvalue weighted by Crippen LogP contribution is 2.39. The molecule has 2 aromatic heterocycles. The van der Waals surface area contributed by atoms with Crippen molar-refractivity contribution in [3.8, 4) is 10.4 Å². The lowest BCUT2D eigenvalue weighted by atomic mass is 9.86. The Balaban J connectivity index is 1.48. The molecule has 0 saturated heterocycles. The standard InChI is InChI=1S/C32H47N5O6S2Si/c1-7-35-45(40,41)29-18-24(27(38)19-30-33-14-15-37(30)21-42-16-17-46(4,5)6)10-13-26(29)28-20-34-31(44-28)23-8-11-25(12-9-23)36-32(39)43-22(2)3/h10,13-15,18,20,22-23,25,35H,7-9,11-12,16-17,19,21H2,1-6H3,(H,36,39). The van der Waals surface area contributed by atoms with Crippen molar-refractivity contribution in [2.45, 2.75) is 108 Å². The monoisotopic (exact) mass is 689 g/mol. The number of hydrogen-bond donors (Lipinski definition) is 2. The summed E-state index contributed by atoms with van der Waals surface area (Å²) in [5.74, 6) is 0.546. The highest BCUT2D eigenvalue weighted by Gasteiger charge is 2.28. The molecule has 1 amide bonds. The first-order valence-electron chi connectivity index (χ1n) is 15.9. The van der Waals surface area contributed by atoms with Gasteiger partial charge in [-0.15, -0.1) is 11.3 Å². The number of alkyl carbamates (subject to hydrolysis) is 1. The molecule has 3 aromatic rings. The molecule has 252 valence electrons. The largest absolute Gasteiger partial charge is 0.447 e. The summed E-state index contributed by atoms with van der Waals surface area (Å²) < 4.78 is 42.2. The van der Waals surface area contributed by atoms with Crippen LogP contribution in [0.1, 0.15) is 73.6 Å². The van der Waals surface area contributed by atoms with Crippen molar-refractivity contribution in [1.29, 1.82) is 0 Å². The van der Waals surface area contributed by atoms with Crippen LogP contribution >= 0.6 is 11.3 Å². The summed E-state index contributed by atoms with van der Waals surface area (Å²) in [6, 6.07) is 5.93. The number of carbonyl (C=O) groups is 2. The first-order valence-corrected chi connectivity index (χ1v) is 21.9. The first kappa shape index (κ1) is 35.9. The lowest BCUT2D eigenvalue weighted by Crippen LogP contribution is -2.38. The van der Waals surface area contributed by atoms with E-state index in [4.69, 9.17) is 9.47 Å². The van der Waals surface area contributed by atoms with Gasteiger partial charge in [-0.25, -0.2) is 27.9 Å². The number of thiazole rings is 1. The van der Waals surface area contributed by atoms with E-state index in [0.717, 1.165) is 41.6 Å². The van der Waals surface area contributed by atoms with Gasteiger partial charge in [-0.2, -0.15) is 0 Å². The third-order valence-electron chi connectivity index (χ3n) is 7.80. The molecule has 14 heteroatoms. The minimum atomic E-state index is -3.90. The number of benzene rings is 1. The van der Waals surface area contributed by atoms with E-state index in [0.29, 0.717) is 30.3 Å². The predicted octanol–water partition coefficient (Wildman–Crippen LogP) is 6.20. The van der Waals surface area contributed by atoms with Gasteiger partial charge >= 0.3 is 6.09 Å². The average Bonchev–Trinajstić information content (AvgIpc) is 3.64. The second-order valence-corrected chi connectivity index (χ2v) is 21.6. The van der Waals surface area contributed by atoms with Crippen LogP contribution in [0.3, 0.4) is 0 Å². The van der Waals surface area contributed by atoms with Gasteiger partial charge in [0.2, 0.25) is 10.0 Å². The zero-order valence-corrected chi connectivity index (χ0v) is 30.3. The molecule has 0 atom stereocenters. The fourth-order valence-corrected chi connectivity index (χ4v) is 8.53. The number of hydrogen-bond acceptors (Lipinski definition) is 9. The summed E-state index contributed by atoms with van der Waals surface area (Å²) in [6.07, 6.45) is 7.93. The topological polar surface area (TPSA) is 142 Å². The minimum Gasteiger partial charge on any atom is -0.447 e. The Morgan fingerprint density at radius 2 is 1.87 bits per heavy atom. The zero-order chi connectivity index (χ0) is 33.5. The number of rotatable bonds is 15. The third kappa shape index (κ3) is 10.0. The molecule has 1 aliphatic carbocycles. The van der Waals surface area contributed by atoms with Gasteiger partial charge in [-0.3, -0.25) is 4.79 Å². The van der Waals surface area contributed by atoms with Gasteiger partial charge < -0.3 is 19.4 Å². The third-order valence-corrected chi connectivity index (χ3v) is 12.3. The second kappa shape index (κ2) is 15.8. The highest BCUT2D eigenvalue weighted by molar-refractivity contribution is 7.89. The van der Waals surface area contributed by atoms with Crippen LogP contribution < -0.4 is 10.0 Å². The average molecular weight is 690 g/mol. The Kier molecular flexibility index (Phi) is 12.3. The van der Waals surface area contributed by atoms with E-state index in [-0.39, 0.29) is 41.7 Å². The number of nitrogens with zero attached hydrogens (tertiary/aromatic N) is 3. The van der Waals surface area contributed by atoms with E-state index in [2.05, 4.69) is 39.6 Å². The van der Waals surface area contributed by atoms with Crippen molar-refractivity contribution in [3.05, 3.63) is 53.2 Å². The summed E-state index contributed by atoms with van der Waals surface area (Å²) in [5, 5.41) is 3.88. The first-order chi connectivity index (χ1) is 21.8. The predicted molar refractivity (Wildman–Crippen MR) is 183 cm³/mol. The summed E-state index contributed by atoms with van der Waals surface area (Å²) in [5.41, 5.74) is 0.798. The Morgan fingerprint density at radius 3 is 2.54 bits per heavy atom. The van der Waals surface area contributed by atoms with E-state index in [1.54, 1.807) is 37.6 Å². The van der Waals surface area contributed by atoms with E-state index in [1.807, 2.05) is 18.4 Å². The number of imidazole rings is 1. The Bertz CT molecular complexity index is 1590. The van der Waals surface area contributed by atoms with Crippen LogP contribution in [0.4, 0.5) is 4.79 Å². The van der Waals surface area contributed by atoms with Crippen LogP contribution in [-0.4, -0.2) is 68.2 Å². The summed E-state index contributed by atoms with van der Waals surface area (Å²) in [6.45, 7) is 13.4. The number of ether oxygens (including phenoxy) is 2. The van der Waals surface area contributed by atoms with Crippen molar-refractivity contribution >= 4 is 41.3 Å². The highest BCUT2D eigenvalue weighted by atomic mass is 32.2. The maximum atomic E-state index is 13.4. The molecule has 0 radical (unpaired) electrons. The van der Waals surface area contributed by atoms with E-state index < -0.39 is 24.2 Å². The molecule has 0 bridgehead atoms. The van der Waals surface area contributed by atoms with Crippen molar-refractivity contribution in [1.82, 2.24) is 24.6 Å². The molecule has 0 aliphatic heterocycles. The number of amides is 1. The normalized spacial score (nSPS) is 17.3.